The van der Waals surface area contributed by atoms with Crippen LogP contribution in [0.25, 0.3) is 0 Å². The number of benzene rings is 1. The molecule has 0 unspecified atom stereocenters. The van der Waals surface area contributed by atoms with Gasteiger partial charge < -0.3 is 11.1 Å². The Morgan fingerprint density at radius 3 is 2.50 bits per heavy atom. The summed E-state index contributed by atoms with van der Waals surface area (Å²) in [5, 5.41) is 2.91. The zero-order chi connectivity index (χ0) is 13.2. The molecule has 0 spiro atoms. The molecule has 4 N–H and O–H groups in total. The van der Waals surface area contributed by atoms with E-state index in [1.165, 1.54) is 6.07 Å². The third-order valence-corrected chi connectivity index (χ3v) is 4.80. The summed E-state index contributed by atoms with van der Waals surface area (Å²) >= 11 is 0. The average Bonchev–Trinajstić information content (AvgIpc) is 2.81. The molecule has 6 heteroatoms. The third-order valence-electron chi connectivity index (χ3n) is 3.28. The molecule has 0 radical (unpaired) electrons. The minimum atomic E-state index is -3.45. The first-order valence-electron chi connectivity index (χ1n) is 6.12. The van der Waals surface area contributed by atoms with Gasteiger partial charge in [-0.25, -0.2) is 13.1 Å². The summed E-state index contributed by atoms with van der Waals surface area (Å²) in [6.07, 6.45) is 4.02. The van der Waals surface area contributed by atoms with E-state index in [0.29, 0.717) is 5.69 Å². The van der Waals surface area contributed by atoms with Crippen LogP contribution in [-0.4, -0.2) is 21.5 Å². The Morgan fingerprint density at radius 2 is 1.94 bits per heavy atom. The van der Waals surface area contributed by atoms with Crippen molar-refractivity contribution >= 4 is 21.4 Å². The van der Waals surface area contributed by atoms with Gasteiger partial charge in [-0.3, -0.25) is 0 Å². The highest BCUT2D eigenvalue weighted by Gasteiger charge is 2.23. The van der Waals surface area contributed by atoms with Gasteiger partial charge >= 0.3 is 0 Å². The van der Waals surface area contributed by atoms with Crippen molar-refractivity contribution in [1.29, 1.82) is 0 Å². The molecule has 0 amide bonds. The first kappa shape index (κ1) is 13.2. The second-order valence-electron chi connectivity index (χ2n) is 4.60. The van der Waals surface area contributed by atoms with Crippen LogP contribution < -0.4 is 15.8 Å². The van der Waals surface area contributed by atoms with Crippen LogP contribution in [0.15, 0.2) is 23.1 Å². The van der Waals surface area contributed by atoms with Crippen LogP contribution in [0.1, 0.15) is 25.7 Å². The van der Waals surface area contributed by atoms with Gasteiger partial charge in [-0.15, -0.1) is 0 Å². The molecular formula is C12H19N3O2S. The third kappa shape index (κ3) is 2.76. The molecule has 1 aliphatic rings. The van der Waals surface area contributed by atoms with E-state index in [0.717, 1.165) is 31.4 Å². The average molecular weight is 269 g/mol. The lowest BCUT2D eigenvalue weighted by molar-refractivity contribution is 0.552. The minimum absolute atomic E-state index is 0.0696. The Hall–Kier alpha value is -1.27. The molecule has 0 atom stereocenters. The monoisotopic (exact) mass is 269 g/mol. The maximum atomic E-state index is 12.2. The summed E-state index contributed by atoms with van der Waals surface area (Å²) in [5.74, 6) is 0. The zero-order valence-corrected chi connectivity index (χ0v) is 11.3. The molecule has 2 rings (SSSR count). The summed E-state index contributed by atoms with van der Waals surface area (Å²) in [6.45, 7) is 0. The van der Waals surface area contributed by atoms with E-state index in [4.69, 9.17) is 5.73 Å². The first-order chi connectivity index (χ1) is 8.53. The standard InChI is InChI=1S/C12H19N3O2S/c1-14-12-7-6-10(8-11(12)13)18(16,17)15-9-4-2-3-5-9/h6-9,14-15H,2-5,13H2,1H3. The van der Waals surface area contributed by atoms with E-state index in [9.17, 15) is 8.42 Å². The van der Waals surface area contributed by atoms with Crippen LogP contribution in [-0.2, 0) is 10.0 Å². The normalized spacial score (nSPS) is 16.9. The van der Waals surface area contributed by atoms with E-state index in [-0.39, 0.29) is 10.9 Å². The van der Waals surface area contributed by atoms with Gasteiger partial charge in [-0.1, -0.05) is 12.8 Å². The zero-order valence-electron chi connectivity index (χ0n) is 10.4. The molecule has 100 valence electrons. The molecule has 1 saturated carbocycles. The molecule has 1 fully saturated rings. The van der Waals surface area contributed by atoms with Gasteiger partial charge in [-0.2, -0.15) is 0 Å². The van der Waals surface area contributed by atoms with Gasteiger partial charge in [0.25, 0.3) is 0 Å². The van der Waals surface area contributed by atoms with Gasteiger partial charge in [0.2, 0.25) is 10.0 Å². The topological polar surface area (TPSA) is 84.2 Å². The second-order valence-corrected chi connectivity index (χ2v) is 6.32. The highest BCUT2D eigenvalue weighted by Crippen LogP contribution is 2.24. The van der Waals surface area contributed by atoms with Gasteiger partial charge in [-0.05, 0) is 31.0 Å². The Labute approximate surface area is 108 Å². The van der Waals surface area contributed by atoms with Crippen LogP contribution in [0, 0.1) is 0 Å². The van der Waals surface area contributed by atoms with Crippen molar-refractivity contribution in [3.63, 3.8) is 0 Å². The molecule has 1 aliphatic carbocycles. The van der Waals surface area contributed by atoms with Crippen LogP contribution in [0.2, 0.25) is 0 Å². The number of hydrogen-bond donors (Lipinski definition) is 3. The molecule has 0 aromatic heterocycles. The van der Waals surface area contributed by atoms with Gasteiger partial charge in [0.15, 0.2) is 0 Å². The Bertz CT molecular complexity index is 522. The SMILES string of the molecule is CNc1ccc(S(=O)(=O)NC2CCCC2)cc1N. The van der Waals surface area contributed by atoms with E-state index in [2.05, 4.69) is 10.0 Å². The Kier molecular flexibility index (Phi) is 3.77. The van der Waals surface area contributed by atoms with Crippen LogP contribution in [0.3, 0.4) is 0 Å². The number of nitrogen functional groups attached to an aromatic ring is 1. The van der Waals surface area contributed by atoms with Crippen molar-refractivity contribution < 1.29 is 8.42 Å². The summed E-state index contributed by atoms with van der Waals surface area (Å²) < 4.78 is 27.0. The molecule has 0 heterocycles. The molecular weight excluding hydrogens is 250 g/mol. The van der Waals surface area contributed by atoms with E-state index >= 15 is 0 Å². The van der Waals surface area contributed by atoms with E-state index in [1.54, 1.807) is 19.2 Å². The van der Waals surface area contributed by atoms with Crippen molar-refractivity contribution in [2.75, 3.05) is 18.1 Å². The number of rotatable bonds is 4. The van der Waals surface area contributed by atoms with Crippen molar-refractivity contribution in [2.24, 2.45) is 0 Å². The van der Waals surface area contributed by atoms with Gasteiger partial charge in [0, 0.05) is 13.1 Å². The van der Waals surface area contributed by atoms with Crippen molar-refractivity contribution in [3.8, 4) is 0 Å². The second kappa shape index (κ2) is 5.16. The molecule has 0 saturated heterocycles. The van der Waals surface area contributed by atoms with E-state index < -0.39 is 10.0 Å². The number of nitrogens with two attached hydrogens (primary N) is 1. The summed E-state index contributed by atoms with van der Waals surface area (Å²) in [6, 6.07) is 4.81. The molecule has 0 bridgehead atoms. The molecule has 1 aromatic carbocycles. The fourth-order valence-corrected chi connectivity index (χ4v) is 3.61. The fourth-order valence-electron chi connectivity index (χ4n) is 2.27. The highest BCUT2D eigenvalue weighted by molar-refractivity contribution is 7.89. The largest absolute Gasteiger partial charge is 0.397 e. The van der Waals surface area contributed by atoms with E-state index in [1.807, 2.05) is 0 Å². The van der Waals surface area contributed by atoms with Crippen molar-refractivity contribution in [2.45, 2.75) is 36.6 Å². The Morgan fingerprint density at radius 1 is 1.28 bits per heavy atom. The van der Waals surface area contributed by atoms with Crippen molar-refractivity contribution in [3.05, 3.63) is 18.2 Å². The van der Waals surface area contributed by atoms with Crippen LogP contribution in [0.4, 0.5) is 11.4 Å². The van der Waals surface area contributed by atoms with Gasteiger partial charge in [0.1, 0.15) is 0 Å². The first-order valence-corrected chi connectivity index (χ1v) is 7.61. The van der Waals surface area contributed by atoms with Crippen LogP contribution >= 0.6 is 0 Å². The maximum absolute atomic E-state index is 12.2. The number of hydrogen-bond acceptors (Lipinski definition) is 4. The van der Waals surface area contributed by atoms with Crippen molar-refractivity contribution in [1.82, 2.24) is 4.72 Å². The lowest BCUT2D eigenvalue weighted by Gasteiger charge is -2.13. The predicted molar refractivity (Wildman–Crippen MR) is 73.0 cm³/mol. The van der Waals surface area contributed by atoms with Gasteiger partial charge in [0.05, 0.1) is 16.3 Å². The quantitative estimate of drug-likeness (QED) is 0.724. The fraction of sp³-hybridized carbons (Fsp3) is 0.500. The Balaban J connectivity index is 2.21. The minimum Gasteiger partial charge on any atom is -0.397 e. The molecule has 1 aromatic rings. The summed E-state index contributed by atoms with van der Waals surface area (Å²) in [7, 11) is -1.70. The molecule has 5 nitrogen and oxygen atoms in total. The van der Waals surface area contributed by atoms with Crippen LogP contribution in [0.5, 0.6) is 0 Å². The number of nitrogens with one attached hydrogen (secondary N) is 2. The smallest absolute Gasteiger partial charge is 0.240 e. The maximum Gasteiger partial charge on any atom is 0.240 e. The lowest BCUT2D eigenvalue weighted by atomic mass is 10.3. The predicted octanol–water partition coefficient (Wildman–Crippen LogP) is 1.53. The summed E-state index contributed by atoms with van der Waals surface area (Å²) in [5.41, 5.74) is 6.95. The lowest BCUT2D eigenvalue weighted by Crippen LogP contribution is -2.32. The summed E-state index contributed by atoms with van der Waals surface area (Å²) in [4.78, 5) is 0.228. The molecule has 0 aliphatic heterocycles. The molecule has 18 heavy (non-hydrogen) atoms. The number of anilines is 2. The number of sulfonamides is 1. The highest BCUT2D eigenvalue weighted by atomic mass is 32.2.